The molecule has 8 aliphatic rings. The van der Waals surface area contributed by atoms with E-state index in [4.69, 9.17) is 8.41 Å². The summed E-state index contributed by atoms with van der Waals surface area (Å²) < 4.78 is 13.2. The first-order chi connectivity index (χ1) is 23.3. The molecule has 1 aromatic heterocycles. The van der Waals surface area contributed by atoms with Crippen LogP contribution in [0, 0.1) is 35.5 Å². The van der Waals surface area contributed by atoms with Crippen LogP contribution in [-0.4, -0.2) is 33.6 Å². The number of pyridine rings is 1. The van der Waals surface area contributed by atoms with Crippen molar-refractivity contribution in [3.63, 3.8) is 0 Å². The van der Waals surface area contributed by atoms with Gasteiger partial charge >= 0.3 is 21.0 Å². The zero-order valence-corrected chi connectivity index (χ0v) is 29.3. The number of para-hydroxylation sites is 1. The van der Waals surface area contributed by atoms with Gasteiger partial charge in [-0.15, -0.1) is 0 Å². The topological polar surface area (TPSA) is 112 Å². The number of aromatic hydroxyl groups is 3. The molecule has 0 radical (unpaired) electrons. The van der Waals surface area contributed by atoms with Gasteiger partial charge in [-0.1, -0.05) is 18.2 Å². The fourth-order valence-corrected chi connectivity index (χ4v) is 11.8. The third-order valence-electron chi connectivity index (χ3n) is 12.8. The molecule has 0 unspecified atom stereocenters. The van der Waals surface area contributed by atoms with Crippen molar-refractivity contribution < 1.29 is 41.1 Å². The number of aliphatic imine (C=N–C) groups is 1. The van der Waals surface area contributed by atoms with Gasteiger partial charge in [0.25, 0.3) is 0 Å². The number of hydrogen-bond acceptors (Lipinski definition) is 7. The summed E-state index contributed by atoms with van der Waals surface area (Å²) in [6, 6.07) is 15.3. The number of phenolic OH excluding ortho intramolecular Hbond substituents is 3. The van der Waals surface area contributed by atoms with Crippen molar-refractivity contribution in [1.82, 2.24) is 4.98 Å². The molecule has 8 heteroatoms. The zero-order chi connectivity index (χ0) is 33.5. The second kappa shape index (κ2) is 13.6. The standard InChI is InChI=1S/C26H34O2.C14H14N2O2.O.V/c27-23-8-21(25-9-15-1-16(10-25)3-17(2-15)11-25)7-22(24(23)28)26-12-18-4-19(13-26)6-20(5-18)14-26;1-18-13-7-4-5-11(14(13)17)9-15-10-12-6-2-3-8-16-12;;/h7-8,15-20,27-28H,1-6,9-14H2;2-9,17H,10H2,1H3;;. The summed E-state index contributed by atoms with van der Waals surface area (Å²) in [7, 11) is 1.52. The summed E-state index contributed by atoms with van der Waals surface area (Å²) in [5.74, 6) is 6.22. The van der Waals surface area contributed by atoms with Gasteiger partial charge in [0, 0.05) is 23.5 Å². The number of rotatable bonds is 6. The zero-order valence-electron chi connectivity index (χ0n) is 27.9. The quantitative estimate of drug-likeness (QED) is 0.178. The maximum absolute atomic E-state index is 11.0. The number of nitrogens with zero attached hydrogens (tertiary/aromatic N) is 2. The Morgan fingerprint density at radius 1 is 0.771 bits per heavy atom. The van der Waals surface area contributed by atoms with E-state index >= 15 is 0 Å². The van der Waals surface area contributed by atoms with Gasteiger partial charge < -0.3 is 20.1 Å². The van der Waals surface area contributed by atoms with E-state index in [0.717, 1.165) is 64.1 Å². The van der Waals surface area contributed by atoms with Crippen molar-refractivity contribution in [1.29, 1.82) is 0 Å². The van der Waals surface area contributed by atoms with Crippen LogP contribution >= 0.6 is 0 Å². The molecule has 8 aliphatic carbocycles. The third-order valence-corrected chi connectivity index (χ3v) is 12.8. The first-order valence-corrected chi connectivity index (χ1v) is 18.4. The third kappa shape index (κ3) is 6.33. The Hall–Kier alpha value is -3.16. The van der Waals surface area contributed by atoms with E-state index in [1.807, 2.05) is 24.3 Å². The van der Waals surface area contributed by atoms with Crippen molar-refractivity contribution in [2.24, 2.45) is 40.5 Å². The van der Waals surface area contributed by atoms with Crippen LogP contribution in [0.5, 0.6) is 23.0 Å². The van der Waals surface area contributed by atoms with Gasteiger partial charge in [-0.3, -0.25) is 9.98 Å². The Labute approximate surface area is 293 Å². The summed E-state index contributed by atoms with van der Waals surface area (Å²) >= 11 is 1.06. The molecule has 0 amide bonds. The minimum absolute atomic E-state index is 0.102. The van der Waals surface area contributed by atoms with Crippen molar-refractivity contribution in [2.45, 2.75) is 94.4 Å². The summed E-state index contributed by atoms with van der Waals surface area (Å²) in [6.07, 6.45) is 19.7. The SMILES string of the molecule is COc1cccc(C=NCc2ccccn2)c1O.Oc1cc(C23CC4CC(CC(C4)C2)C3)cc(C23CC4CC(CC(C4)C2)C3)c1O.[O]=[V]. The van der Waals surface area contributed by atoms with Crippen LogP contribution in [0.15, 0.2) is 59.7 Å². The van der Waals surface area contributed by atoms with E-state index in [1.165, 1.54) is 89.7 Å². The van der Waals surface area contributed by atoms with Gasteiger partial charge in [-0.2, -0.15) is 0 Å². The summed E-state index contributed by atoms with van der Waals surface area (Å²) in [4.78, 5) is 8.41. The number of phenols is 3. The number of hydrogen-bond donors (Lipinski definition) is 3. The average molecular weight is 688 g/mol. The molecule has 0 atom stereocenters. The second-order valence-electron chi connectivity index (χ2n) is 16.0. The Balaban J connectivity index is 0.000000159. The molecule has 3 N–H and O–H groups in total. The average Bonchev–Trinajstić information content (AvgIpc) is 3.07. The molecule has 11 rings (SSSR count). The molecule has 0 aliphatic heterocycles. The molecule has 1 heterocycles. The summed E-state index contributed by atoms with van der Waals surface area (Å²) in [6.45, 7) is 0.484. The maximum atomic E-state index is 11.0. The summed E-state index contributed by atoms with van der Waals surface area (Å²) in [5.41, 5.74) is 4.47. The first-order valence-electron chi connectivity index (χ1n) is 17.8. The fraction of sp³-hybridized carbons (Fsp3) is 0.550. The van der Waals surface area contributed by atoms with Gasteiger partial charge in [-0.25, -0.2) is 0 Å². The monoisotopic (exact) mass is 687 g/mol. The molecular formula is C40H48N2O5V. The predicted molar refractivity (Wildman–Crippen MR) is 180 cm³/mol. The molecule has 8 fully saturated rings. The number of ether oxygens (including phenoxy) is 1. The molecule has 8 saturated carbocycles. The van der Waals surface area contributed by atoms with Crippen molar-refractivity contribution in [2.75, 3.05) is 7.11 Å². The molecule has 8 bridgehead atoms. The second-order valence-corrected chi connectivity index (χ2v) is 16.0. The van der Waals surface area contributed by atoms with Crippen molar-refractivity contribution >= 4 is 6.21 Å². The van der Waals surface area contributed by atoms with Crippen LogP contribution in [0.4, 0.5) is 0 Å². The van der Waals surface area contributed by atoms with E-state index in [2.05, 4.69) is 16.0 Å². The molecule has 48 heavy (non-hydrogen) atoms. The van der Waals surface area contributed by atoms with E-state index in [1.54, 1.807) is 30.6 Å². The molecular weight excluding hydrogens is 639 g/mol. The Morgan fingerprint density at radius 3 is 1.85 bits per heavy atom. The molecule has 3 aromatic rings. The number of benzene rings is 2. The molecule has 0 spiro atoms. The van der Waals surface area contributed by atoms with Crippen LogP contribution in [0.3, 0.4) is 0 Å². The van der Waals surface area contributed by atoms with Crippen molar-refractivity contribution in [3.8, 4) is 23.0 Å². The minimum atomic E-state index is 0.102. The Kier molecular flexibility index (Phi) is 9.47. The van der Waals surface area contributed by atoms with Gasteiger partial charge in [0.05, 0.1) is 19.3 Å². The normalized spacial score (nSPS) is 33.5. The van der Waals surface area contributed by atoms with Crippen LogP contribution in [0.25, 0.3) is 0 Å². The van der Waals surface area contributed by atoms with Gasteiger partial charge in [0.15, 0.2) is 23.0 Å². The van der Waals surface area contributed by atoms with E-state index in [0.29, 0.717) is 17.9 Å². The number of aromatic nitrogens is 1. The van der Waals surface area contributed by atoms with Crippen LogP contribution in [-0.2, 0) is 38.4 Å². The molecule has 0 saturated heterocycles. The van der Waals surface area contributed by atoms with Gasteiger partial charge in [0.1, 0.15) is 0 Å². The predicted octanol–water partition coefficient (Wildman–Crippen LogP) is 8.33. The molecule has 2 aromatic carbocycles. The van der Waals surface area contributed by atoms with Crippen LogP contribution < -0.4 is 4.74 Å². The van der Waals surface area contributed by atoms with Crippen molar-refractivity contribution in [3.05, 3.63) is 77.1 Å². The van der Waals surface area contributed by atoms with E-state index in [9.17, 15) is 15.3 Å². The molecule has 253 valence electrons. The Bertz CT molecular complexity index is 1570. The van der Waals surface area contributed by atoms with E-state index < -0.39 is 0 Å². The van der Waals surface area contributed by atoms with Crippen LogP contribution in [0.2, 0.25) is 0 Å². The molecule has 7 nitrogen and oxygen atoms in total. The van der Waals surface area contributed by atoms with Gasteiger partial charge in [0.2, 0.25) is 0 Å². The first kappa shape index (κ1) is 33.3. The Morgan fingerprint density at radius 2 is 1.33 bits per heavy atom. The van der Waals surface area contributed by atoms with Crippen LogP contribution in [0.1, 0.15) is 99.4 Å². The van der Waals surface area contributed by atoms with E-state index in [-0.39, 0.29) is 28.1 Å². The fourth-order valence-electron chi connectivity index (χ4n) is 11.8. The summed E-state index contributed by atoms with van der Waals surface area (Å²) in [5, 5.41) is 31.7. The number of methoxy groups -OCH3 is 1. The van der Waals surface area contributed by atoms with Gasteiger partial charge in [-0.05, 0) is 159 Å².